The van der Waals surface area contributed by atoms with Crippen LogP contribution in [-0.4, -0.2) is 47.8 Å². The maximum absolute atomic E-state index is 9.58. The molecule has 1 saturated heterocycles. The van der Waals surface area contributed by atoms with Crippen LogP contribution >= 0.6 is 0 Å². The van der Waals surface area contributed by atoms with E-state index in [1.54, 1.807) is 0 Å². The molecule has 1 heterocycles. The molecule has 0 spiro atoms. The average Bonchev–Trinajstić information content (AvgIpc) is 2.24. The van der Waals surface area contributed by atoms with Crippen LogP contribution in [0.1, 0.15) is 46.5 Å². The summed E-state index contributed by atoms with van der Waals surface area (Å²) in [6.45, 7) is 10.5. The normalized spacial score (nSPS) is 21.0. The predicted octanol–water partition coefficient (Wildman–Crippen LogP) is 1.61. The van der Waals surface area contributed by atoms with Crippen molar-refractivity contribution in [2.24, 2.45) is 0 Å². The van der Waals surface area contributed by atoms with Crippen molar-refractivity contribution in [3.05, 3.63) is 0 Å². The van der Waals surface area contributed by atoms with E-state index in [1.807, 2.05) is 13.8 Å². The lowest BCUT2D eigenvalue weighted by atomic mass is 10.1. The lowest BCUT2D eigenvalue weighted by molar-refractivity contribution is 0.0702. The summed E-state index contributed by atoms with van der Waals surface area (Å²) in [6.07, 6.45) is 4.93. The predicted molar refractivity (Wildman–Crippen MR) is 68.7 cm³/mol. The highest BCUT2D eigenvalue weighted by Gasteiger charge is 2.16. The van der Waals surface area contributed by atoms with Gasteiger partial charge in [0.25, 0.3) is 0 Å². The average molecular weight is 228 g/mol. The van der Waals surface area contributed by atoms with E-state index in [-0.39, 0.29) is 0 Å². The van der Waals surface area contributed by atoms with Gasteiger partial charge in [-0.15, -0.1) is 0 Å². The van der Waals surface area contributed by atoms with Crippen LogP contribution in [0.3, 0.4) is 0 Å². The van der Waals surface area contributed by atoms with E-state index in [2.05, 4.69) is 17.1 Å². The van der Waals surface area contributed by atoms with Crippen LogP contribution < -0.4 is 5.32 Å². The van der Waals surface area contributed by atoms with Gasteiger partial charge in [-0.05, 0) is 59.7 Å². The first-order valence-corrected chi connectivity index (χ1v) is 6.66. The summed E-state index contributed by atoms with van der Waals surface area (Å²) in [6, 6.07) is 0.627. The van der Waals surface area contributed by atoms with Gasteiger partial charge in [0.15, 0.2) is 0 Å². The number of piperidine rings is 1. The maximum Gasteiger partial charge on any atom is 0.0603 e. The molecule has 1 fully saturated rings. The quantitative estimate of drug-likeness (QED) is 0.678. The molecule has 0 amide bonds. The van der Waals surface area contributed by atoms with Crippen LogP contribution in [0.15, 0.2) is 0 Å². The van der Waals surface area contributed by atoms with Crippen LogP contribution in [0.5, 0.6) is 0 Å². The Balaban J connectivity index is 2.07. The van der Waals surface area contributed by atoms with Crippen LogP contribution in [0.2, 0.25) is 0 Å². The van der Waals surface area contributed by atoms with Crippen LogP contribution in [-0.2, 0) is 0 Å². The van der Waals surface area contributed by atoms with Gasteiger partial charge in [-0.25, -0.2) is 0 Å². The molecule has 0 saturated carbocycles. The second-order valence-corrected chi connectivity index (χ2v) is 5.71. The Morgan fingerprint density at radius 3 is 2.44 bits per heavy atom. The summed E-state index contributed by atoms with van der Waals surface area (Å²) in [5, 5.41) is 13.0. The first kappa shape index (κ1) is 13.9. The summed E-state index contributed by atoms with van der Waals surface area (Å²) < 4.78 is 0. The SMILES string of the molecule is CC(CNCCC(C)(C)O)N1CCCCC1. The van der Waals surface area contributed by atoms with Crippen molar-refractivity contribution in [1.29, 1.82) is 0 Å². The third-order valence-corrected chi connectivity index (χ3v) is 3.37. The summed E-state index contributed by atoms with van der Waals surface area (Å²) in [5.41, 5.74) is -0.540. The van der Waals surface area contributed by atoms with Crippen LogP contribution in [0.4, 0.5) is 0 Å². The van der Waals surface area contributed by atoms with Gasteiger partial charge in [0, 0.05) is 12.6 Å². The number of rotatable bonds is 6. The van der Waals surface area contributed by atoms with E-state index < -0.39 is 5.60 Å². The molecule has 0 aliphatic carbocycles. The fourth-order valence-corrected chi connectivity index (χ4v) is 2.19. The van der Waals surface area contributed by atoms with Gasteiger partial charge >= 0.3 is 0 Å². The summed E-state index contributed by atoms with van der Waals surface area (Å²) in [7, 11) is 0. The molecular weight excluding hydrogens is 200 g/mol. The van der Waals surface area contributed by atoms with Gasteiger partial charge in [-0.1, -0.05) is 6.42 Å². The van der Waals surface area contributed by atoms with Gasteiger partial charge in [0.05, 0.1) is 5.60 Å². The van der Waals surface area contributed by atoms with Crippen molar-refractivity contribution in [3.63, 3.8) is 0 Å². The molecule has 16 heavy (non-hydrogen) atoms. The third-order valence-electron chi connectivity index (χ3n) is 3.37. The molecule has 1 atom stereocenters. The first-order chi connectivity index (χ1) is 7.49. The van der Waals surface area contributed by atoms with Crippen LogP contribution in [0, 0.1) is 0 Å². The standard InChI is InChI=1S/C13H28N2O/c1-12(15-9-5-4-6-10-15)11-14-8-7-13(2,3)16/h12,14,16H,4-11H2,1-3H3. The summed E-state index contributed by atoms with van der Waals surface area (Å²) in [5.74, 6) is 0. The molecule has 3 nitrogen and oxygen atoms in total. The molecule has 1 aliphatic heterocycles. The van der Waals surface area contributed by atoms with Crippen molar-refractivity contribution < 1.29 is 5.11 Å². The Morgan fingerprint density at radius 2 is 1.88 bits per heavy atom. The number of aliphatic hydroxyl groups is 1. The zero-order valence-electron chi connectivity index (χ0n) is 11.1. The molecule has 3 heteroatoms. The van der Waals surface area contributed by atoms with E-state index in [9.17, 15) is 5.11 Å². The minimum absolute atomic E-state index is 0.540. The molecular formula is C13H28N2O. The first-order valence-electron chi connectivity index (χ1n) is 6.66. The van der Waals surface area contributed by atoms with E-state index in [4.69, 9.17) is 0 Å². The van der Waals surface area contributed by atoms with E-state index in [0.717, 1.165) is 19.5 Å². The van der Waals surface area contributed by atoms with E-state index in [1.165, 1.54) is 32.4 Å². The molecule has 0 bridgehead atoms. The van der Waals surface area contributed by atoms with Gasteiger partial charge in [-0.2, -0.15) is 0 Å². The topological polar surface area (TPSA) is 35.5 Å². The van der Waals surface area contributed by atoms with Gasteiger partial charge in [0.2, 0.25) is 0 Å². The Labute approximate surface area is 100 Å². The molecule has 0 aromatic carbocycles. The monoisotopic (exact) mass is 228 g/mol. The van der Waals surface area contributed by atoms with Crippen molar-refractivity contribution in [2.45, 2.75) is 58.1 Å². The Bertz CT molecular complexity index is 183. The highest BCUT2D eigenvalue weighted by molar-refractivity contribution is 4.74. The van der Waals surface area contributed by atoms with Gasteiger partial charge in [-0.3, -0.25) is 4.90 Å². The Kier molecular flexibility index (Phi) is 5.73. The molecule has 2 N–H and O–H groups in total. The Hall–Kier alpha value is -0.120. The lowest BCUT2D eigenvalue weighted by Gasteiger charge is -2.32. The lowest BCUT2D eigenvalue weighted by Crippen LogP contribution is -2.43. The van der Waals surface area contributed by atoms with Crippen molar-refractivity contribution in [3.8, 4) is 0 Å². The summed E-state index contributed by atoms with van der Waals surface area (Å²) >= 11 is 0. The largest absolute Gasteiger partial charge is 0.390 e. The minimum Gasteiger partial charge on any atom is -0.390 e. The van der Waals surface area contributed by atoms with Crippen molar-refractivity contribution in [2.75, 3.05) is 26.2 Å². The third kappa shape index (κ3) is 5.83. The molecule has 0 aromatic heterocycles. The van der Waals surface area contributed by atoms with E-state index in [0.29, 0.717) is 6.04 Å². The molecule has 96 valence electrons. The molecule has 0 radical (unpaired) electrons. The van der Waals surface area contributed by atoms with E-state index >= 15 is 0 Å². The zero-order chi connectivity index (χ0) is 12.0. The number of hydrogen-bond donors (Lipinski definition) is 2. The van der Waals surface area contributed by atoms with Crippen LogP contribution in [0.25, 0.3) is 0 Å². The molecule has 1 aliphatic rings. The molecule has 0 aromatic rings. The highest BCUT2D eigenvalue weighted by atomic mass is 16.3. The van der Waals surface area contributed by atoms with Gasteiger partial charge in [0.1, 0.15) is 0 Å². The molecule has 1 rings (SSSR count). The molecule has 1 unspecified atom stereocenters. The fraction of sp³-hybridized carbons (Fsp3) is 1.00. The Morgan fingerprint density at radius 1 is 1.25 bits per heavy atom. The van der Waals surface area contributed by atoms with Crippen molar-refractivity contribution in [1.82, 2.24) is 10.2 Å². The van der Waals surface area contributed by atoms with Gasteiger partial charge < -0.3 is 10.4 Å². The summed E-state index contributed by atoms with van der Waals surface area (Å²) in [4.78, 5) is 2.57. The number of likely N-dealkylation sites (tertiary alicyclic amines) is 1. The second-order valence-electron chi connectivity index (χ2n) is 5.71. The van der Waals surface area contributed by atoms with Crippen molar-refractivity contribution >= 4 is 0 Å². The maximum atomic E-state index is 9.58. The number of nitrogens with zero attached hydrogens (tertiary/aromatic N) is 1. The highest BCUT2D eigenvalue weighted by Crippen LogP contribution is 2.11. The fourth-order valence-electron chi connectivity index (χ4n) is 2.19. The number of hydrogen-bond acceptors (Lipinski definition) is 3. The number of nitrogens with one attached hydrogen (secondary N) is 1. The zero-order valence-corrected chi connectivity index (χ0v) is 11.1. The minimum atomic E-state index is -0.540. The smallest absolute Gasteiger partial charge is 0.0603 e. The second kappa shape index (κ2) is 6.58.